The Kier molecular flexibility index (Phi) is 5.07. The van der Waals surface area contributed by atoms with Gasteiger partial charge in [-0.05, 0) is 29.7 Å². The van der Waals surface area contributed by atoms with Crippen molar-refractivity contribution in [2.24, 2.45) is 5.92 Å². The molecule has 0 N–H and O–H groups in total. The first-order valence-corrected chi connectivity index (χ1v) is 8.14. The molecule has 3 nitrogen and oxygen atoms in total. The molecular formula is C20H21NO2. The lowest BCUT2D eigenvalue weighted by molar-refractivity contribution is -0.206. The fraction of sp³-hybridized carbons (Fsp3) is 0.350. The molecule has 1 saturated heterocycles. The highest BCUT2D eigenvalue weighted by molar-refractivity contribution is 5.64. The molecule has 0 aliphatic carbocycles. The Balaban J connectivity index is 1.66. The molecule has 118 valence electrons. The molecule has 0 aromatic heterocycles. The number of hydrogen-bond acceptors (Lipinski definition) is 3. The first kappa shape index (κ1) is 15.7. The third-order valence-electron chi connectivity index (χ3n) is 4.19. The largest absolute Gasteiger partial charge is 0.348 e. The summed E-state index contributed by atoms with van der Waals surface area (Å²) < 4.78 is 11.7. The Hall–Kier alpha value is -2.15. The highest BCUT2D eigenvalue weighted by Crippen LogP contribution is 2.28. The molecule has 2 aromatic rings. The summed E-state index contributed by atoms with van der Waals surface area (Å²) in [5.74, 6) is 0.522. The van der Waals surface area contributed by atoms with Gasteiger partial charge in [-0.3, -0.25) is 0 Å². The van der Waals surface area contributed by atoms with Crippen LogP contribution in [0.25, 0.3) is 11.1 Å². The van der Waals surface area contributed by atoms with E-state index in [1.54, 1.807) is 0 Å². The van der Waals surface area contributed by atoms with Crippen LogP contribution in [0.4, 0.5) is 0 Å². The smallest absolute Gasteiger partial charge is 0.183 e. The lowest BCUT2D eigenvalue weighted by Crippen LogP contribution is -2.26. The average molecular weight is 307 g/mol. The van der Waals surface area contributed by atoms with Gasteiger partial charge in [-0.15, -0.1) is 0 Å². The van der Waals surface area contributed by atoms with E-state index in [1.165, 1.54) is 6.42 Å². The van der Waals surface area contributed by atoms with Crippen LogP contribution in [-0.2, 0) is 9.47 Å². The molecule has 1 aliphatic rings. The van der Waals surface area contributed by atoms with Gasteiger partial charge >= 0.3 is 0 Å². The number of benzene rings is 2. The van der Waals surface area contributed by atoms with E-state index in [0.29, 0.717) is 11.5 Å². The van der Waals surface area contributed by atoms with E-state index >= 15 is 0 Å². The van der Waals surface area contributed by atoms with Crippen molar-refractivity contribution in [1.82, 2.24) is 0 Å². The van der Waals surface area contributed by atoms with E-state index in [0.717, 1.165) is 36.3 Å². The number of ether oxygens (including phenoxy) is 2. The molecule has 0 atom stereocenters. The van der Waals surface area contributed by atoms with Crippen molar-refractivity contribution in [3.63, 3.8) is 0 Å². The van der Waals surface area contributed by atoms with E-state index in [1.807, 2.05) is 24.3 Å². The van der Waals surface area contributed by atoms with Crippen molar-refractivity contribution >= 4 is 0 Å². The van der Waals surface area contributed by atoms with Gasteiger partial charge in [-0.25, -0.2) is 0 Å². The highest BCUT2D eigenvalue weighted by Gasteiger charge is 2.22. The second kappa shape index (κ2) is 7.41. The molecule has 3 heteroatoms. The fourth-order valence-corrected chi connectivity index (χ4v) is 2.88. The molecular weight excluding hydrogens is 286 g/mol. The molecule has 0 amide bonds. The molecule has 23 heavy (non-hydrogen) atoms. The van der Waals surface area contributed by atoms with Crippen molar-refractivity contribution in [1.29, 1.82) is 5.26 Å². The Morgan fingerprint density at radius 3 is 2.04 bits per heavy atom. The maximum atomic E-state index is 8.85. The van der Waals surface area contributed by atoms with Crippen LogP contribution in [-0.4, -0.2) is 13.2 Å². The summed E-state index contributed by atoms with van der Waals surface area (Å²) in [6, 6.07) is 18.0. The number of hydrogen-bond donors (Lipinski definition) is 0. The van der Waals surface area contributed by atoms with Crippen molar-refractivity contribution in [2.45, 2.75) is 26.1 Å². The maximum absolute atomic E-state index is 8.85. The third kappa shape index (κ3) is 3.79. The predicted octanol–water partition coefficient (Wildman–Crippen LogP) is 4.69. The van der Waals surface area contributed by atoms with Gasteiger partial charge in [0.15, 0.2) is 6.29 Å². The molecule has 1 aliphatic heterocycles. The van der Waals surface area contributed by atoms with Crippen LogP contribution < -0.4 is 0 Å². The summed E-state index contributed by atoms with van der Waals surface area (Å²) in [5.41, 5.74) is 3.95. The Morgan fingerprint density at radius 1 is 0.957 bits per heavy atom. The first-order valence-electron chi connectivity index (χ1n) is 8.14. The SMILES string of the molecule is CCCC1COC(c2ccc(-c3ccc(C#N)cc3)cc2)OC1. The zero-order valence-electron chi connectivity index (χ0n) is 13.4. The fourth-order valence-electron chi connectivity index (χ4n) is 2.88. The summed E-state index contributed by atoms with van der Waals surface area (Å²) in [7, 11) is 0. The zero-order chi connectivity index (χ0) is 16.1. The normalized spacial score (nSPS) is 20.9. The standard InChI is InChI=1S/C20H21NO2/c1-2-3-16-13-22-20(23-14-16)19-10-8-18(9-11-19)17-6-4-15(12-21)5-7-17/h4-11,16,20H,2-3,13-14H2,1H3. The first-order chi connectivity index (χ1) is 11.3. The zero-order valence-corrected chi connectivity index (χ0v) is 13.4. The third-order valence-corrected chi connectivity index (χ3v) is 4.19. The molecule has 1 heterocycles. The van der Waals surface area contributed by atoms with Gasteiger partial charge < -0.3 is 9.47 Å². The molecule has 0 bridgehead atoms. The van der Waals surface area contributed by atoms with E-state index in [9.17, 15) is 0 Å². The minimum Gasteiger partial charge on any atom is -0.348 e. The average Bonchev–Trinajstić information content (AvgIpc) is 2.63. The predicted molar refractivity (Wildman–Crippen MR) is 89.6 cm³/mol. The van der Waals surface area contributed by atoms with Crippen molar-refractivity contribution in [2.75, 3.05) is 13.2 Å². The van der Waals surface area contributed by atoms with Crippen LogP contribution >= 0.6 is 0 Å². The van der Waals surface area contributed by atoms with Crippen molar-refractivity contribution in [3.05, 3.63) is 59.7 Å². The molecule has 0 saturated carbocycles. The summed E-state index contributed by atoms with van der Waals surface area (Å²) in [5, 5.41) is 8.85. The van der Waals surface area contributed by atoms with Gasteiger partial charge in [0.05, 0.1) is 24.8 Å². The van der Waals surface area contributed by atoms with Crippen LogP contribution in [0.2, 0.25) is 0 Å². The quantitative estimate of drug-likeness (QED) is 0.823. The summed E-state index contributed by atoms with van der Waals surface area (Å²) in [4.78, 5) is 0. The van der Waals surface area contributed by atoms with E-state index < -0.39 is 0 Å². The van der Waals surface area contributed by atoms with Gasteiger partial charge in [0.25, 0.3) is 0 Å². The van der Waals surface area contributed by atoms with Crippen molar-refractivity contribution in [3.8, 4) is 17.2 Å². The van der Waals surface area contributed by atoms with Gasteiger partial charge in [0.1, 0.15) is 0 Å². The highest BCUT2D eigenvalue weighted by atomic mass is 16.7. The lowest BCUT2D eigenvalue weighted by Gasteiger charge is -2.29. The molecule has 0 unspecified atom stereocenters. The number of rotatable bonds is 4. The Bertz CT molecular complexity index is 662. The molecule has 0 spiro atoms. The van der Waals surface area contributed by atoms with Crippen LogP contribution in [0, 0.1) is 17.2 Å². The molecule has 1 fully saturated rings. The monoisotopic (exact) mass is 307 g/mol. The minimum absolute atomic E-state index is 0.252. The molecule has 2 aromatic carbocycles. The van der Waals surface area contributed by atoms with E-state index in [2.05, 4.69) is 37.3 Å². The van der Waals surface area contributed by atoms with E-state index in [-0.39, 0.29) is 6.29 Å². The van der Waals surface area contributed by atoms with Gasteiger partial charge in [0.2, 0.25) is 0 Å². The number of nitriles is 1. The minimum atomic E-state index is -0.252. The van der Waals surface area contributed by atoms with Gasteiger partial charge in [-0.2, -0.15) is 5.26 Å². The van der Waals surface area contributed by atoms with Crippen LogP contribution in [0.1, 0.15) is 37.2 Å². The second-order valence-corrected chi connectivity index (χ2v) is 5.96. The van der Waals surface area contributed by atoms with Crippen LogP contribution in [0.5, 0.6) is 0 Å². The second-order valence-electron chi connectivity index (χ2n) is 5.96. The molecule has 3 rings (SSSR count). The lowest BCUT2D eigenvalue weighted by atomic mass is 10.0. The number of nitrogens with zero attached hydrogens (tertiary/aromatic N) is 1. The van der Waals surface area contributed by atoms with Gasteiger partial charge in [-0.1, -0.05) is 49.7 Å². The van der Waals surface area contributed by atoms with Gasteiger partial charge in [0, 0.05) is 11.5 Å². The van der Waals surface area contributed by atoms with Crippen LogP contribution in [0.15, 0.2) is 48.5 Å². The summed E-state index contributed by atoms with van der Waals surface area (Å²) >= 11 is 0. The summed E-state index contributed by atoms with van der Waals surface area (Å²) in [6.07, 6.45) is 2.07. The van der Waals surface area contributed by atoms with Crippen molar-refractivity contribution < 1.29 is 9.47 Å². The van der Waals surface area contributed by atoms with Crippen LogP contribution in [0.3, 0.4) is 0 Å². The summed E-state index contributed by atoms with van der Waals surface area (Å²) in [6.45, 7) is 3.74. The van der Waals surface area contributed by atoms with E-state index in [4.69, 9.17) is 14.7 Å². The Morgan fingerprint density at radius 2 is 1.52 bits per heavy atom. The topological polar surface area (TPSA) is 42.2 Å². The molecule has 0 radical (unpaired) electrons. The Labute approximate surface area is 137 Å². The maximum Gasteiger partial charge on any atom is 0.183 e.